The molecule has 0 radical (unpaired) electrons. The summed E-state index contributed by atoms with van der Waals surface area (Å²) >= 11 is 0. The maximum atomic E-state index is 12.3. The molecule has 27 heavy (non-hydrogen) atoms. The number of nitro benzene ring substituents is 1. The Morgan fingerprint density at radius 3 is 2.44 bits per heavy atom. The first-order chi connectivity index (χ1) is 12.9. The monoisotopic (exact) mass is 373 g/mol. The van der Waals surface area contributed by atoms with E-state index in [-0.39, 0.29) is 11.3 Å². The molecule has 8 heteroatoms. The number of carbonyl (C=O) groups excluding carboxylic acids is 2. The molecule has 2 aliphatic rings. The normalized spacial score (nSPS) is 22.1. The van der Waals surface area contributed by atoms with Crippen molar-refractivity contribution in [2.24, 2.45) is 11.8 Å². The Morgan fingerprint density at radius 1 is 1.26 bits per heavy atom. The van der Waals surface area contributed by atoms with E-state index >= 15 is 0 Å². The highest BCUT2D eigenvalue weighted by atomic mass is 16.6. The van der Waals surface area contributed by atoms with E-state index in [1.54, 1.807) is 12.1 Å². The zero-order chi connectivity index (χ0) is 19.6. The van der Waals surface area contributed by atoms with Gasteiger partial charge in [0, 0.05) is 24.7 Å². The van der Waals surface area contributed by atoms with Crippen LogP contribution in [0.5, 0.6) is 0 Å². The molecule has 1 N–H and O–H groups in total. The Bertz CT molecular complexity index is 776. The second-order valence-electron chi connectivity index (χ2n) is 7.05. The average molecular weight is 373 g/mol. The molecule has 0 saturated carbocycles. The van der Waals surface area contributed by atoms with Crippen molar-refractivity contribution in [3.63, 3.8) is 0 Å². The molecule has 3 unspecified atom stereocenters. The lowest BCUT2D eigenvalue weighted by molar-refractivity contribution is -0.384. The SMILES string of the molecule is COC(=O)C(C)NC(=O)c1ccc(N2CC3CC=CCC3C2)c([N+](=O)[O-])c1. The van der Waals surface area contributed by atoms with E-state index < -0.39 is 22.8 Å². The van der Waals surface area contributed by atoms with Gasteiger partial charge in [0.25, 0.3) is 11.6 Å². The van der Waals surface area contributed by atoms with Crippen molar-refractivity contribution in [2.75, 3.05) is 25.1 Å². The number of hydrogen-bond donors (Lipinski definition) is 1. The minimum absolute atomic E-state index is 0.0972. The fraction of sp³-hybridized carbons (Fsp3) is 0.474. The standard InChI is InChI=1S/C19H23N3O5/c1-12(19(24)27-2)20-18(23)13-7-8-16(17(9-13)22(25)26)21-10-14-5-3-4-6-15(14)11-21/h3-4,7-9,12,14-15H,5-6,10-11H2,1-2H3,(H,20,23). The van der Waals surface area contributed by atoms with Crippen LogP contribution < -0.4 is 10.2 Å². The first-order valence-electron chi connectivity index (χ1n) is 8.97. The second-order valence-corrected chi connectivity index (χ2v) is 7.05. The molecule has 3 rings (SSSR count). The minimum atomic E-state index is -0.838. The first kappa shape index (κ1) is 18.9. The summed E-state index contributed by atoms with van der Waals surface area (Å²) in [6.07, 6.45) is 6.35. The van der Waals surface area contributed by atoms with Gasteiger partial charge in [-0.05, 0) is 43.7 Å². The van der Waals surface area contributed by atoms with Crippen molar-refractivity contribution < 1.29 is 19.2 Å². The molecule has 1 amide bonds. The summed E-state index contributed by atoms with van der Waals surface area (Å²) in [5, 5.41) is 14.1. The molecule has 1 aliphatic heterocycles. The Hall–Kier alpha value is -2.90. The molecule has 1 aromatic carbocycles. The van der Waals surface area contributed by atoms with Crippen LogP contribution in [0.4, 0.5) is 11.4 Å². The number of rotatable bonds is 5. The molecular weight excluding hydrogens is 350 g/mol. The maximum Gasteiger partial charge on any atom is 0.328 e. The van der Waals surface area contributed by atoms with Crippen LogP contribution in [0.25, 0.3) is 0 Å². The van der Waals surface area contributed by atoms with E-state index in [2.05, 4.69) is 22.2 Å². The molecule has 1 fully saturated rings. The first-order valence-corrected chi connectivity index (χ1v) is 8.97. The summed E-state index contributed by atoms with van der Waals surface area (Å²) in [4.78, 5) is 37.0. The highest BCUT2D eigenvalue weighted by molar-refractivity contribution is 5.98. The van der Waals surface area contributed by atoms with Crippen molar-refractivity contribution >= 4 is 23.3 Å². The van der Waals surface area contributed by atoms with Crippen molar-refractivity contribution in [2.45, 2.75) is 25.8 Å². The number of nitrogens with one attached hydrogen (secondary N) is 1. The van der Waals surface area contributed by atoms with Gasteiger partial charge in [-0.15, -0.1) is 0 Å². The highest BCUT2D eigenvalue weighted by Gasteiger charge is 2.35. The number of nitro groups is 1. The fourth-order valence-corrected chi connectivity index (χ4v) is 3.81. The molecule has 0 spiro atoms. The lowest BCUT2D eigenvalue weighted by atomic mass is 9.86. The van der Waals surface area contributed by atoms with Crippen LogP contribution in [0.15, 0.2) is 30.4 Å². The van der Waals surface area contributed by atoms with Crippen LogP contribution in [0, 0.1) is 22.0 Å². The van der Waals surface area contributed by atoms with E-state index in [4.69, 9.17) is 0 Å². The summed E-state index contributed by atoms with van der Waals surface area (Å²) in [6, 6.07) is 3.62. The van der Waals surface area contributed by atoms with Crippen LogP contribution in [-0.4, -0.2) is 43.0 Å². The molecule has 3 atom stereocenters. The molecule has 1 saturated heterocycles. The number of nitrogens with zero attached hydrogens (tertiary/aromatic N) is 2. The molecule has 1 aromatic rings. The van der Waals surface area contributed by atoms with Crippen molar-refractivity contribution in [1.82, 2.24) is 5.32 Å². The summed E-state index contributed by atoms with van der Waals surface area (Å²) in [5.74, 6) is -0.110. The summed E-state index contributed by atoms with van der Waals surface area (Å²) in [6.45, 7) is 3.05. The van der Waals surface area contributed by atoms with Gasteiger partial charge in [-0.3, -0.25) is 14.9 Å². The number of hydrogen-bond acceptors (Lipinski definition) is 6. The van der Waals surface area contributed by atoms with Crippen molar-refractivity contribution in [1.29, 1.82) is 0 Å². The molecule has 0 bridgehead atoms. The number of allylic oxidation sites excluding steroid dienone is 2. The number of fused-ring (bicyclic) bond motifs is 1. The van der Waals surface area contributed by atoms with Gasteiger partial charge in [0.2, 0.25) is 0 Å². The Balaban J connectivity index is 1.80. The third-order valence-electron chi connectivity index (χ3n) is 5.30. The number of carbonyl (C=O) groups is 2. The van der Waals surface area contributed by atoms with Gasteiger partial charge in [-0.25, -0.2) is 4.79 Å². The van der Waals surface area contributed by atoms with Crippen LogP contribution in [0.2, 0.25) is 0 Å². The zero-order valence-electron chi connectivity index (χ0n) is 15.4. The largest absolute Gasteiger partial charge is 0.467 e. The number of esters is 1. The van der Waals surface area contributed by atoms with E-state index in [1.165, 1.54) is 20.1 Å². The molecule has 144 valence electrons. The minimum Gasteiger partial charge on any atom is -0.467 e. The van der Waals surface area contributed by atoms with E-state index in [1.807, 2.05) is 4.90 Å². The Labute approximate surface area is 157 Å². The number of methoxy groups -OCH3 is 1. The van der Waals surface area contributed by atoms with Crippen LogP contribution in [0.1, 0.15) is 30.1 Å². The van der Waals surface area contributed by atoms with Crippen LogP contribution in [0.3, 0.4) is 0 Å². The quantitative estimate of drug-likeness (QED) is 0.368. The number of benzene rings is 1. The van der Waals surface area contributed by atoms with Gasteiger partial charge in [0.15, 0.2) is 0 Å². The predicted octanol–water partition coefficient (Wildman–Crippen LogP) is 2.29. The number of ether oxygens (including phenoxy) is 1. The molecule has 1 heterocycles. The van der Waals surface area contributed by atoms with Crippen LogP contribution in [-0.2, 0) is 9.53 Å². The van der Waals surface area contributed by atoms with Crippen molar-refractivity contribution in [3.8, 4) is 0 Å². The van der Waals surface area contributed by atoms with Gasteiger partial charge >= 0.3 is 5.97 Å². The third kappa shape index (κ3) is 3.94. The third-order valence-corrected chi connectivity index (χ3v) is 5.30. The number of anilines is 1. The Kier molecular flexibility index (Phi) is 5.43. The summed E-state index contributed by atoms with van der Waals surface area (Å²) in [5.41, 5.74) is 0.575. The summed E-state index contributed by atoms with van der Waals surface area (Å²) in [7, 11) is 1.23. The molecular formula is C19H23N3O5. The zero-order valence-corrected chi connectivity index (χ0v) is 15.4. The lowest BCUT2D eigenvalue weighted by Gasteiger charge is -2.19. The maximum absolute atomic E-state index is 12.3. The van der Waals surface area contributed by atoms with Gasteiger partial charge in [-0.2, -0.15) is 0 Å². The lowest BCUT2D eigenvalue weighted by Crippen LogP contribution is -2.39. The average Bonchev–Trinajstić information content (AvgIpc) is 3.10. The fourth-order valence-electron chi connectivity index (χ4n) is 3.81. The number of amides is 1. The smallest absolute Gasteiger partial charge is 0.328 e. The highest BCUT2D eigenvalue weighted by Crippen LogP contribution is 2.39. The molecule has 1 aliphatic carbocycles. The Morgan fingerprint density at radius 2 is 1.89 bits per heavy atom. The molecule has 8 nitrogen and oxygen atoms in total. The predicted molar refractivity (Wildman–Crippen MR) is 99.6 cm³/mol. The van der Waals surface area contributed by atoms with E-state index in [9.17, 15) is 19.7 Å². The van der Waals surface area contributed by atoms with Crippen LogP contribution >= 0.6 is 0 Å². The van der Waals surface area contributed by atoms with Gasteiger partial charge < -0.3 is 15.0 Å². The van der Waals surface area contributed by atoms with Gasteiger partial charge in [-0.1, -0.05) is 12.2 Å². The molecule has 0 aromatic heterocycles. The summed E-state index contributed by atoms with van der Waals surface area (Å²) < 4.78 is 4.57. The topological polar surface area (TPSA) is 102 Å². The van der Waals surface area contributed by atoms with Crippen molar-refractivity contribution in [3.05, 3.63) is 46.0 Å². The van der Waals surface area contributed by atoms with E-state index in [0.29, 0.717) is 17.5 Å². The van der Waals surface area contributed by atoms with E-state index in [0.717, 1.165) is 25.9 Å². The van der Waals surface area contributed by atoms with Gasteiger partial charge in [0.05, 0.1) is 12.0 Å². The second kappa shape index (κ2) is 7.77. The van der Waals surface area contributed by atoms with Gasteiger partial charge in [0.1, 0.15) is 11.7 Å².